The molecule has 2 heterocycles. The number of ether oxygens (including phenoxy) is 1. The number of rotatable bonds is 9. The number of hydrogen-bond donors (Lipinski definition) is 1. The number of H-pyrrole nitrogens is 1. The van der Waals surface area contributed by atoms with Crippen molar-refractivity contribution in [3.8, 4) is 0 Å². The van der Waals surface area contributed by atoms with Gasteiger partial charge in [0.15, 0.2) is 10.9 Å². The van der Waals surface area contributed by atoms with E-state index in [0.717, 1.165) is 18.7 Å². The average molecular weight is 431 g/mol. The van der Waals surface area contributed by atoms with E-state index in [1.807, 2.05) is 6.08 Å². The molecule has 0 spiro atoms. The summed E-state index contributed by atoms with van der Waals surface area (Å²) in [6, 6.07) is 0. The quantitative estimate of drug-likeness (QED) is 0.270. The van der Waals surface area contributed by atoms with E-state index in [9.17, 15) is 9.59 Å². The molecule has 162 valence electrons. The predicted octanol–water partition coefficient (Wildman–Crippen LogP) is 4.61. The number of esters is 1. The van der Waals surface area contributed by atoms with E-state index in [4.69, 9.17) is 4.74 Å². The standard InChI is InChI=1S/C22H30N4O3S/c1-5-12-26-20(16-10-8-7-9-11-16)24-25-22(26)30-13-17(27)18-14(3)23-15(4)19(18)21(28)29-6-2/h5,16,23H,1,6-13H2,2-4H3. The number of allylic oxidation sites excluding steroid dienone is 1. The van der Waals surface area contributed by atoms with Gasteiger partial charge in [-0.1, -0.05) is 37.1 Å². The Labute approximate surface area is 181 Å². The first kappa shape index (κ1) is 22.3. The Morgan fingerprint density at radius 1 is 1.20 bits per heavy atom. The molecule has 0 aromatic carbocycles. The molecule has 0 amide bonds. The highest BCUT2D eigenvalue weighted by molar-refractivity contribution is 7.99. The van der Waals surface area contributed by atoms with Crippen LogP contribution in [0, 0.1) is 13.8 Å². The molecule has 30 heavy (non-hydrogen) atoms. The molecular formula is C22H30N4O3S. The number of carbonyl (C=O) groups is 2. The third-order valence-corrected chi connectivity index (χ3v) is 6.46. The van der Waals surface area contributed by atoms with Crippen LogP contribution in [0.25, 0.3) is 0 Å². The molecule has 8 heteroatoms. The van der Waals surface area contributed by atoms with Crippen molar-refractivity contribution in [2.75, 3.05) is 12.4 Å². The normalized spacial score (nSPS) is 14.6. The van der Waals surface area contributed by atoms with Crippen LogP contribution in [0.3, 0.4) is 0 Å². The molecule has 0 radical (unpaired) electrons. The zero-order chi connectivity index (χ0) is 21.7. The number of nitrogens with zero attached hydrogens (tertiary/aromatic N) is 3. The summed E-state index contributed by atoms with van der Waals surface area (Å²) in [6.07, 6.45) is 7.80. The predicted molar refractivity (Wildman–Crippen MR) is 117 cm³/mol. The van der Waals surface area contributed by atoms with E-state index < -0.39 is 5.97 Å². The summed E-state index contributed by atoms with van der Waals surface area (Å²) in [4.78, 5) is 28.5. The molecule has 7 nitrogen and oxygen atoms in total. The van der Waals surface area contributed by atoms with Crippen LogP contribution in [0.1, 0.15) is 82.9 Å². The number of Topliss-reactive ketones (excluding diaryl/α,β-unsaturated/α-hetero) is 1. The molecule has 0 saturated heterocycles. The summed E-state index contributed by atoms with van der Waals surface area (Å²) in [6.45, 7) is 10.1. The first-order chi connectivity index (χ1) is 14.5. The number of aromatic amines is 1. The number of ketones is 1. The second kappa shape index (κ2) is 10.1. The van der Waals surface area contributed by atoms with Crippen LogP contribution in [0.5, 0.6) is 0 Å². The van der Waals surface area contributed by atoms with Gasteiger partial charge in [-0.15, -0.1) is 16.8 Å². The van der Waals surface area contributed by atoms with E-state index in [0.29, 0.717) is 40.1 Å². The Morgan fingerprint density at radius 3 is 2.57 bits per heavy atom. The second-order valence-electron chi connectivity index (χ2n) is 7.63. The lowest BCUT2D eigenvalue weighted by atomic mass is 9.89. The topological polar surface area (TPSA) is 89.9 Å². The first-order valence-electron chi connectivity index (χ1n) is 10.5. The number of thioether (sulfide) groups is 1. The largest absolute Gasteiger partial charge is 0.462 e. The summed E-state index contributed by atoms with van der Waals surface area (Å²) < 4.78 is 7.21. The third kappa shape index (κ3) is 4.69. The van der Waals surface area contributed by atoms with E-state index in [1.54, 1.807) is 20.8 Å². The summed E-state index contributed by atoms with van der Waals surface area (Å²) >= 11 is 1.35. The van der Waals surface area contributed by atoms with Crippen LogP contribution < -0.4 is 0 Å². The maximum absolute atomic E-state index is 13.0. The van der Waals surface area contributed by atoms with Crippen LogP contribution in [0.15, 0.2) is 17.8 Å². The number of aryl methyl sites for hydroxylation is 2. The van der Waals surface area contributed by atoms with Gasteiger partial charge < -0.3 is 14.3 Å². The molecule has 2 aromatic heterocycles. The zero-order valence-corrected chi connectivity index (χ0v) is 18.8. The van der Waals surface area contributed by atoms with Crippen molar-refractivity contribution in [1.29, 1.82) is 0 Å². The van der Waals surface area contributed by atoms with Gasteiger partial charge in [-0.2, -0.15) is 0 Å². The van der Waals surface area contributed by atoms with Crippen molar-refractivity contribution in [2.45, 2.75) is 70.5 Å². The summed E-state index contributed by atoms with van der Waals surface area (Å²) in [5, 5.41) is 9.53. The van der Waals surface area contributed by atoms with E-state index in [2.05, 4.69) is 26.3 Å². The van der Waals surface area contributed by atoms with Gasteiger partial charge in [-0.25, -0.2) is 4.79 Å². The number of carbonyl (C=O) groups excluding carboxylic acids is 2. The Kier molecular flexibility index (Phi) is 7.53. The molecule has 2 aromatic rings. The zero-order valence-electron chi connectivity index (χ0n) is 18.0. The van der Waals surface area contributed by atoms with Gasteiger partial charge in [0.05, 0.1) is 23.5 Å². The van der Waals surface area contributed by atoms with Crippen LogP contribution in [0.4, 0.5) is 0 Å². The fourth-order valence-corrected chi connectivity index (χ4v) is 4.99. The molecule has 0 bridgehead atoms. The van der Waals surface area contributed by atoms with Gasteiger partial charge in [0.1, 0.15) is 5.82 Å². The minimum atomic E-state index is -0.470. The van der Waals surface area contributed by atoms with E-state index in [1.165, 1.54) is 31.0 Å². The fourth-order valence-electron chi connectivity index (χ4n) is 4.16. The molecule has 1 aliphatic rings. The SMILES string of the molecule is C=CCn1c(SCC(=O)c2c(C)[nH]c(C)c2C(=O)OCC)nnc1C1CCCCC1. The van der Waals surface area contributed by atoms with Crippen molar-refractivity contribution in [2.24, 2.45) is 0 Å². The van der Waals surface area contributed by atoms with Gasteiger partial charge >= 0.3 is 5.97 Å². The summed E-state index contributed by atoms with van der Waals surface area (Å²) in [5.41, 5.74) is 2.06. The Balaban J connectivity index is 1.79. The van der Waals surface area contributed by atoms with Gasteiger partial charge in [0.2, 0.25) is 0 Å². The van der Waals surface area contributed by atoms with E-state index in [-0.39, 0.29) is 18.1 Å². The molecule has 3 rings (SSSR count). The van der Waals surface area contributed by atoms with Crippen LogP contribution in [-0.2, 0) is 11.3 Å². The van der Waals surface area contributed by atoms with Gasteiger partial charge in [0, 0.05) is 23.9 Å². The Morgan fingerprint density at radius 2 is 1.90 bits per heavy atom. The van der Waals surface area contributed by atoms with Crippen LogP contribution in [0.2, 0.25) is 0 Å². The third-order valence-electron chi connectivity index (χ3n) is 5.49. The highest BCUT2D eigenvalue weighted by Gasteiger charge is 2.27. The van der Waals surface area contributed by atoms with Crippen LogP contribution in [-0.4, -0.2) is 43.9 Å². The van der Waals surface area contributed by atoms with Crippen molar-refractivity contribution in [1.82, 2.24) is 19.7 Å². The smallest absolute Gasteiger partial charge is 0.340 e. The van der Waals surface area contributed by atoms with Gasteiger partial charge in [0.25, 0.3) is 0 Å². The van der Waals surface area contributed by atoms with Crippen molar-refractivity contribution in [3.63, 3.8) is 0 Å². The number of aromatic nitrogens is 4. The maximum atomic E-state index is 13.0. The van der Waals surface area contributed by atoms with Crippen LogP contribution >= 0.6 is 11.8 Å². The second-order valence-corrected chi connectivity index (χ2v) is 8.57. The number of nitrogens with one attached hydrogen (secondary N) is 1. The number of hydrogen-bond acceptors (Lipinski definition) is 6. The molecule has 0 unspecified atom stereocenters. The molecule has 0 aliphatic heterocycles. The molecule has 0 atom stereocenters. The lowest BCUT2D eigenvalue weighted by Gasteiger charge is -2.21. The lowest BCUT2D eigenvalue weighted by molar-refractivity contribution is 0.0522. The molecule has 1 fully saturated rings. The fraction of sp³-hybridized carbons (Fsp3) is 0.545. The Hall–Kier alpha value is -2.35. The molecular weight excluding hydrogens is 400 g/mol. The highest BCUT2D eigenvalue weighted by Crippen LogP contribution is 2.33. The van der Waals surface area contributed by atoms with Crippen molar-refractivity contribution < 1.29 is 14.3 Å². The van der Waals surface area contributed by atoms with Crippen molar-refractivity contribution >= 4 is 23.5 Å². The van der Waals surface area contributed by atoms with Gasteiger partial charge in [-0.05, 0) is 33.6 Å². The summed E-state index contributed by atoms with van der Waals surface area (Å²) in [7, 11) is 0. The minimum Gasteiger partial charge on any atom is -0.462 e. The lowest BCUT2D eigenvalue weighted by Crippen LogP contribution is -2.14. The van der Waals surface area contributed by atoms with Gasteiger partial charge in [-0.3, -0.25) is 4.79 Å². The monoisotopic (exact) mass is 430 g/mol. The first-order valence-corrected chi connectivity index (χ1v) is 11.5. The molecule has 1 N–H and O–H groups in total. The minimum absolute atomic E-state index is 0.128. The average Bonchev–Trinajstić information content (AvgIpc) is 3.27. The molecule has 1 saturated carbocycles. The Bertz CT molecular complexity index is 925. The summed E-state index contributed by atoms with van der Waals surface area (Å²) in [5.74, 6) is 0.982. The van der Waals surface area contributed by atoms with E-state index >= 15 is 0 Å². The highest BCUT2D eigenvalue weighted by atomic mass is 32.2. The van der Waals surface area contributed by atoms with Crippen molar-refractivity contribution in [3.05, 3.63) is 41.0 Å². The maximum Gasteiger partial charge on any atom is 0.340 e. The molecule has 1 aliphatic carbocycles.